The van der Waals surface area contributed by atoms with E-state index in [0.29, 0.717) is 6.42 Å². The highest BCUT2D eigenvalue weighted by Crippen LogP contribution is 2.37. The second kappa shape index (κ2) is 8.52. The zero-order chi connectivity index (χ0) is 20.4. The maximum absolute atomic E-state index is 14.0. The van der Waals surface area contributed by atoms with E-state index in [1.165, 1.54) is 6.07 Å². The van der Waals surface area contributed by atoms with Crippen LogP contribution in [0.4, 0.5) is 4.39 Å². The van der Waals surface area contributed by atoms with Gasteiger partial charge in [-0.1, -0.05) is 42.5 Å². The molecule has 2 fully saturated rings. The van der Waals surface area contributed by atoms with Crippen molar-refractivity contribution >= 4 is 0 Å². The van der Waals surface area contributed by atoms with Crippen LogP contribution >= 0.6 is 0 Å². The Balaban J connectivity index is 1.58. The molecule has 1 N–H and O–H groups in total. The minimum atomic E-state index is -0.856. The van der Waals surface area contributed by atoms with E-state index in [-0.39, 0.29) is 11.9 Å². The van der Waals surface area contributed by atoms with Crippen LogP contribution in [0, 0.1) is 12.7 Å². The van der Waals surface area contributed by atoms with Gasteiger partial charge in [0.25, 0.3) is 0 Å². The summed E-state index contributed by atoms with van der Waals surface area (Å²) in [5, 5.41) is 11.9. The first-order valence-corrected chi connectivity index (χ1v) is 10.6. The number of aliphatic hydroxyl groups is 1. The molecule has 0 aromatic heterocycles. The number of piperazine rings is 1. The smallest absolute Gasteiger partial charge is 0.126 e. The van der Waals surface area contributed by atoms with Gasteiger partial charge in [-0.3, -0.25) is 9.80 Å². The molecule has 4 rings (SSSR count). The molecule has 0 aliphatic carbocycles. The molecule has 0 amide bonds. The third-order valence-electron chi connectivity index (χ3n) is 6.82. The van der Waals surface area contributed by atoms with E-state index >= 15 is 0 Å². The Morgan fingerprint density at radius 1 is 1.00 bits per heavy atom. The summed E-state index contributed by atoms with van der Waals surface area (Å²) in [4.78, 5) is 7.18. The number of piperidine rings is 1. The Morgan fingerprint density at radius 2 is 1.72 bits per heavy atom. The molecule has 0 unspecified atom stereocenters. The molecular weight excluding hydrogens is 365 g/mol. The van der Waals surface area contributed by atoms with Crippen molar-refractivity contribution in [3.05, 3.63) is 71.0 Å². The third-order valence-corrected chi connectivity index (χ3v) is 6.82. The maximum atomic E-state index is 14.0. The van der Waals surface area contributed by atoms with Crippen molar-refractivity contribution in [2.24, 2.45) is 0 Å². The summed E-state index contributed by atoms with van der Waals surface area (Å²) < 4.78 is 14.0. The van der Waals surface area contributed by atoms with Crippen molar-refractivity contribution in [1.29, 1.82) is 0 Å². The Kier molecular flexibility index (Phi) is 6.02. The van der Waals surface area contributed by atoms with Crippen LogP contribution in [-0.2, 0) is 12.1 Å². The van der Waals surface area contributed by atoms with Gasteiger partial charge in [0.15, 0.2) is 0 Å². The highest BCUT2D eigenvalue weighted by atomic mass is 19.1. The van der Waals surface area contributed by atoms with Gasteiger partial charge in [-0.2, -0.15) is 0 Å². The lowest BCUT2D eigenvalue weighted by molar-refractivity contribution is -0.108. The SMILES string of the molecule is Cc1c(F)cccc1CN1CC[C@](O)(c2ccccc2)[C@H](N2CCN(C)CC2)C1. The number of halogens is 1. The predicted molar refractivity (Wildman–Crippen MR) is 114 cm³/mol. The summed E-state index contributed by atoms with van der Waals surface area (Å²) >= 11 is 0. The van der Waals surface area contributed by atoms with Crippen molar-refractivity contribution in [3.63, 3.8) is 0 Å². The Labute approximate surface area is 173 Å². The lowest BCUT2D eigenvalue weighted by atomic mass is 9.79. The molecule has 2 aliphatic heterocycles. The quantitative estimate of drug-likeness (QED) is 0.859. The van der Waals surface area contributed by atoms with Crippen LogP contribution in [0.2, 0.25) is 0 Å². The molecule has 0 saturated carbocycles. The molecule has 0 radical (unpaired) electrons. The molecular formula is C24H32FN3O. The summed E-state index contributed by atoms with van der Waals surface area (Å²) in [5.74, 6) is -0.143. The number of hydrogen-bond donors (Lipinski definition) is 1. The summed E-state index contributed by atoms with van der Waals surface area (Å²) in [6.45, 7) is 8.11. The highest BCUT2D eigenvalue weighted by Gasteiger charge is 2.46. The van der Waals surface area contributed by atoms with E-state index in [4.69, 9.17) is 0 Å². The predicted octanol–water partition coefficient (Wildman–Crippen LogP) is 2.84. The van der Waals surface area contributed by atoms with Gasteiger partial charge in [0.2, 0.25) is 0 Å². The topological polar surface area (TPSA) is 30.0 Å². The zero-order valence-electron chi connectivity index (χ0n) is 17.5. The fraction of sp³-hybridized carbons (Fsp3) is 0.500. The van der Waals surface area contributed by atoms with E-state index in [1.807, 2.05) is 31.2 Å². The molecule has 29 heavy (non-hydrogen) atoms. The van der Waals surface area contributed by atoms with E-state index in [1.54, 1.807) is 6.07 Å². The lowest BCUT2D eigenvalue weighted by Crippen LogP contribution is -2.63. The van der Waals surface area contributed by atoms with Gasteiger partial charge < -0.3 is 10.0 Å². The van der Waals surface area contributed by atoms with Gasteiger partial charge in [0.05, 0.1) is 6.04 Å². The van der Waals surface area contributed by atoms with E-state index < -0.39 is 5.60 Å². The van der Waals surface area contributed by atoms with E-state index in [0.717, 1.165) is 62.5 Å². The largest absolute Gasteiger partial charge is 0.383 e. The van der Waals surface area contributed by atoms with Crippen molar-refractivity contribution in [2.75, 3.05) is 46.3 Å². The van der Waals surface area contributed by atoms with Gasteiger partial charge in [0, 0.05) is 45.8 Å². The molecule has 2 aromatic rings. The van der Waals surface area contributed by atoms with E-state index in [9.17, 15) is 9.50 Å². The van der Waals surface area contributed by atoms with Crippen LogP contribution in [0.3, 0.4) is 0 Å². The van der Waals surface area contributed by atoms with E-state index in [2.05, 4.69) is 33.9 Å². The number of benzene rings is 2. The standard InChI is InChI=1S/C24H32FN3O/c1-19-20(7-6-10-22(19)25)17-27-12-11-24(29,21-8-4-3-5-9-21)23(18-27)28-15-13-26(2)14-16-28/h3-10,23,29H,11-18H2,1-2H3/t23-,24+/m1/s1. The minimum Gasteiger partial charge on any atom is -0.383 e. The van der Waals surface area contributed by atoms with Gasteiger partial charge in [-0.15, -0.1) is 0 Å². The fourth-order valence-electron chi connectivity index (χ4n) is 4.80. The Bertz CT molecular complexity index is 822. The normalized spacial score (nSPS) is 27.2. The van der Waals surface area contributed by atoms with Crippen LogP contribution in [-0.4, -0.2) is 72.2 Å². The number of nitrogens with zero attached hydrogens (tertiary/aromatic N) is 3. The van der Waals surface area contributed by atoms with Crippen molar-refractivity contribution in [3.8, 4) is 0 Å². The molecule has 2 atom stereocenters. The number of likely N-dealkylation sites (N-methyl/N-ethyl adjacent to an activating group) is 1. The minimum absolute atomic E-state index is 0.0289. The lowest BCUT2D eigenvalue weighted by Gasteiger charge is -2.51. The molecule has 4 nitrogen and oxygen atoms in total. The monoisotopic (exact) mass is 397 g/mol. The van der Waals surface area contributed by atoms with Gasteiger partial charge in [0.1, 0.15) is 11.4 Å². The van der Waals surface area contributed by atoms with Crippen LogP contribution in [0.15, 0.2) is 48.5 Å². The van der Waals surface area contributed by atoms with Gasteiger partial charge in [-0.25, -0.2) is 4.39 Å². The average Bonchev–Trinajstić information content (AvgIpc) is 2.74. The van der Waals surface area contributed by atoms with Crippen molar-refractivity contribution < 1.29 is 9.50 Å². The average molecular weight is 398 g/mol. The summed E-state index contributed by atoms with van der Waals surface area (Å²) in [6, 6.07) is 15.5. The Hall–Kier alpha value is -1.79. The molecule has 5 heteroatoms. The molecule has 0 bridgehead atoms. The third kappa shape index (κ3) is 4.24. The van der Waals surface area contributed by atoms with Crippen LogP contribution in [0.5, 0.6) is 0 Å². The number of rotatable bonds is 4. The molecule has 2 saturated heterocycles. The molecule has 2 aromatic carbocycles. The Morgan fingerprint density at radius 3 is 2.45 bits per heavy atom. The zero-order valence-corrected chi connectivity index (χ0v) is 17.5. The molecule has 156 valence electrons. The van der Waals surface area contributed by atoms with Crippen molar-refractivity contribution in [1.82, 2.24) is 14.7 Å². The first kappa shape index (κ1) is 20.5. The molecule has 0 spiro atoms. The second-order valence-corrected chi connectivity index (χ2v) is 8.65. The molecule has 2 heterocycles. The van der Waals surface area contributed by atoms with Crippen LogP contribution in [0.25, 0.3) is 0 Å². The summed E-state index contributed by atoms with van der Waals surface area (Å²) in [5.41, 5.74) is 1.91. The van der Waals surface area contributed by atoms with Gasteiger partial charge in [-0.05, 0) is 43.1 Å². The van der Waals surface area contributed by atoms with Gasteiger partial charge >= 0.3 is 0 Å². The number of hydrogen-bond acceptors (Lipinski definition) is 4. The number of likely N-dealkylation sites (tertiary alicyclic amines) is 1. The maximum Gasteiger partial charge on any atom is 0.126 e. The van der Waals surface area contributed by atoms with Crippen LogP contribution in [0.1, 0.15) is 23.1 Å². The van der Waals surface area contributed by atoms with Crippen molar-refractivity contribution in [2.45, 2.75) is 31.5 Å². The first-order valence-electron chi connectivity index (χ1n) is 10.6. The fourth-order valence-corrected chi connectivity index (χ4v) is 4.80. The first-order chi connectivity index (χ1) is 14.0. The van der Waals surface area contributed by atoms with Crippen LogP contribution < -0.4 is 0 Å². The highest BCUT2D eigenvalue weighted by molar-refractivity contribution is 5.29. The summed E-state index contributed by atoms with van der Waals surface area (Å²) in [6.07, 6.45) is 0.683. The molecule has 2 aliphatic rings. The second-order valence-electron chi connectivity index (χ2n) is 8.65. The summed E-state index contributed by atoms with van der Waals surface area (Å²) in [7, 11) is 2.15.